The molecule has 4 amide bonds. The Hall–Kier alpha value is -4.27. The highest BCUT2D eigenvalue weighted by atomic mass is 16.5. The summed E-state index contributed by atoms with van der Waals surface area (Å²) < 4.78 is 10.1. The van der Waals surface area contributed by atoms with Crippen LogP contribution < -0.4 is 26.0 Å². The summed E-state index contributed by atoms with van der Waals surface area (Å²) >= 11 is 0. The summed E-state index contributed by atoms with van der Waals surface area (Å²) in [5, 5.41) is 10.6. The normalized spacial score (nSPS) is 10.2. The van der Waals surface area contributed by atoms with Crippen LogP contribution in [0.15, 0.2) is 71.3 Å². The van der Waals surface area contributed by atoms with E-state index in [1.165, 1.54) is 6.26 Å². The molecule has 0 aliphatic carbocycles. The number of ether oxygens (including phenoxy) is 1. The number of methoxy groups -OCH3 is 1. The van der Waals surface area contributed by atoms with Crippen LogP contribution in [-0.4, -0.2) is 31.5 Å². The van der Waals surface area contributed by atoms with Crippen LogP contribution >= 0.6 is 0 Å². The van der Waals surface area contributed by atoms with Gasteiger partial charge < -0.3 is 30.4 Å². The quantitative estimate of drug-likeness (QED) is 0.411. The van der Waals surface area contributed by atoms with E-state index in [2.05, 4.69) is 21.3 Å². The molecule has 3 rings (SSSR count). The SMILES string of the molecule is COc1ccc(CNC(=O)CNC(=O)NCc2cccc(NC(=O)c3ccco3)c2)cc1. The summed E-state index contributed by atoms with van der Waals surface area (Å²) in [4.78, 5) is 36.0. The van der Waals surface area contributed by atoms with Crippen LogP contribution in [0.3, 0.4) is 0 Å². The molecular weight excluding hydrogens is 412 g/mol. The predicted octanol–water partition coefficient (Wildman–Crippen LogP) is 2.66. The molecule has 32 heavy (non-hydrogen) atoms. The molecular formula is C23H24N4O5. The maximum Gasteiger partial charge on any atom is 0.315 e. The first-order valence-corrected chi connectivity index (χ1v) is 9.88. The van der Waals surface area contributed by atoms with Gasteiger partial charge >= 0.3 is 6.03 Å². The van der Waals surface area contributed by atoms with E-state index < -0.39 is 6.03 Å². The Bertz CT molecular complexity index is 1050. The van der Waals surface area contributed by atoms with Crippen molar-refractivity contribution in [2.75, 3.05) is 19.0 Å². The van der Waals surface area contributed by atoms with E-state index in [4.69, 9.17) is 9.15 Å². The van der Waals surface area contributed by atoms with Crippen molar-refractivity contribution in [1.29, 1.82) is 0 Å². The summed E-state index contributed by atoms with van der Waals surface area (Å²) in [6.45, 7) is 0.424. The third kappa shape index (κ3) is 6.91. The molecule has 0 atom stereocenters. The molecule has 0 saturated heterocycles. The molecule has 0 aliphatic heterocycles. The first kappa shape index (κ1) is 22.4. The molecule has 1 aromatic heterocycles. The fourth-order valence-corrected chi connectivity index (χ4v) is 2.77. The van der Waals surface area contributed by atoms with E-state index in [1.54, 1.807) is 37.4 Å². The second kappa shape index (κ2) is 11.2. The van der Waals surface area contributed by atoms with Crippen LogP contribution in [0.5, 0.6) is 5.75 Å². The number of carbonyl (C=O) groups excluding carboxylic acids is 3. The number of hydrogen-bond donors (Lipinski definition) is 4. The average molecular weight is 436 g/mol. The molecule has 2 aromatic carbocycles. The standard InChI is InChI=1S/C23H24N4O5/c1-31-19-9-7-16(8-10-19)13-24-21(28)15-26-23(30)25-14-17-4-2-5-18(12-17)27-22(29)20-6-3-11-32-20/h2-12H,13-15H2,1H3,(H,24,28)(H,27,29)(H2,25,26,30). The maximum absolute atomic E-state index is 12.0. The van der Waals surface area contributed by atoms with Gasteiger partial charge in [-0.25, -0.2) is 4.79 Å². The lowest BCUT2D eigenvalue weighted by molar-refractivity contribution is -0.120. The van der Waals surface area contributed by atoms with Gasteiger partial charge in [-0.3, -0.25) is 9.59 Å². The minimum absolute atomic E-state index is 0.152. The third-order valence-electron chi connectivity index (χ3n) is 4.44. The lowest BCUT2D eigenvalue weighted by atomic mass is 10.2. The number of benzene rings is 2. The van der Waals surface area contributed by atoms with Crippen LogP contribution in [0, 0.1) is 0 Å². The highest BCUT2D eigenvalue weighted by molar-refractivity contribution is 6.02. The number of carbonyl (C=O) groups is 3. The summed E-state index contributed by atoms with van der Waals surface area (Å²) in [5.74, 6) is 0.277. The second-order valence-electron chi connectivity index (χ2n) is 6.79. The van der Waals surface area contributed by atoms with Gasteiger partial charge in [0.15, 0.2) is 5.76 Å². The van der Waals surface area contributed by atoms with Crippen molar-refractivity contribution >= 4 is 23.5 Å². The minimum atomic E-state index is -0.477. The van der Waals surface area contributed by atoms with Crippen LogP contribution in [0.25, 0.3) is 0 Å². The van der Waals surface area contributed by atoms with Crippen molar-refractivity contribution < 1.29 is 23.5 Å². The van der Waals surface area contributed by atoms with Gasteiger partial charge in [0.25, 0.3) is 5.91 Å². The Morgan fingerprint density at radius 2 is 1.66 bits per heavy atom. The molecule has 0 unspecified atom stereocenters. The van der Waals surface area contributed by atoms with Crippen LogP contribution in [-0.2, 0) is 17.9 Å². The Labute approximate surface area is 185 Å². The molecule has 0 bridgehead atoms. The Morgan fingerprint density at radius 1 is 0.875 bits per heavy atom. The number of amides is 4. The maximum atomic E-state index is 12.0. The average Bonchev–Trinajstić information content (AvgIpc) is 3.36. The number of rotatable bonds is 9. The van der Waals surface area contributed by atoms with Crippen molar-refractivity contribution in [1.82, 2.24) is 16.0 Å². The van der Waals surface area contributed by atoms with E-state index in [0.717, 1.165) is 16.9 Å². The van der Waals surface area contributed by atoms with Crippen molar-refractivity contribution in [2.45, 2.75) is 13.1 Å². The smallest absolute Gasteiger partial charge is 0.315 e. The third-order valence-corrected chi connectivity index (χ3v) is 4.44. The monoisotopic (exact) mass is 436 g/mol. The molecule has 3 aromatic rings. The highest BCUT2D eigenvalue weighted by Crippen LogP contribution is 2.13. The summed E-state index contributed by atoms with van der Waals surface area (Å²) in [6, 6.07) is 17.1. The fraction of sp³-hybridized carbons (Fsp3) is 0.174. The van der Waals surface area contributed by atoms with Gasteiger partial charge in [0.05, 0.1) is 19.9 Å². The van der Waals surface area contributed by atoms with Gasteiger partial charge in [-0.15, -0.1) is 0 Å². The van der Waals surface area contributed by atoms with E-state index in [9.17, 15) is 14.4 Å². The van der Waals surface area contributed by atoms with E-state index in [-0.39, 0.29) is 30.7 Å². The van der Waals surface area contributed by atoms with Crippen LogP contribution in [0.2, 0.25) is 0 Å². The first-order chi connectivity index (χ1) is 15.5. The lowest BCUT2D eigenvalue weighted by Gasteiger charge is -2.10. The van der Waals surface area contributed by atoms with Crippen molar-refractivity contribution in [3.63, 3.8) is 0 Å². The van der Waals surface area contributed by atoms with Gasteiger partial charge in [0.1, 0.15) is 5.75 Å². The minimum Gasteiger partial charge on any atom is -0.497 e. The number of nitrogens with one attached hydrogen (secondary N) is 4. The van der Waals surface area contributed by atoms with Crippen molar-refractivity contribution in [2.24, 2.45) is 0 Å². The molecule has 0 saturated carbocycles. The lowest BCUT2D eigenvalue weighted by Crippen LogP contribution is -2.41. The first-order valence-electron chi connectivity index (χ1n) is 9.88. The topological polar surface area (TPSA) is 122 Å². The van der Waals surface area contributed by atoms with Crippen LogP contribution in [0.1, 0.15) is 21.7 Å². The largest absolute Gasteiger partial charge is 0.497 e. The highest BCUT2D eigenvalue weighted by Gasteiger charge is 2.09. The second-order valence-corrected chi connectivity index (χ2v) is 6.79. The Kier molecular flexibility index (Phi) is 7.85. The van der Waals surface area contributed by atoms with Crippen LogP contribution in [0.4, 0.5) is 10.5 Å². The predicted molar refractivity (Wildman–Crippen MR) is 118 cm³/mol. The number of hydrogen-bond acceptors (Lipinski definition) is 5. The molecule has 0 spiro atoms. The fourth-order valence-electron chi connectivity index (χ4n) is 2.77. The van der Waals surface area contributed by atoms with Gasteiger partial charge in [0, 0.05) is 18.8 Å². The molecule has 0 radical (unpaired) electrons. The van der Waals surface area contributed by atoms with Gasteiger partial charge in [-0.2, -0.15) is 0 Å². The molecule has 0 aliphatic rings. The Morgan fingerprint density at radius 3 is 2.38 bits per heavy atom. The number of urea groups is 1. The van der Waals surface area contributed by atoms with E-state index in [1.807, 2.05) is 30.3 Å². The molecule has 166 valence electrons. The number of anilines is 1. The van der Waals surface area contributed by atoms with E-state index in [0.29, 0.717) is 12.2 Å². The zero-order chi connectivity index (χ0) is 22.8. The van der Waals surface area contributed by atoms with Gasteiger partial charge in [0.2, 0.25) is 5.91 Å². The van der Waals surface area contributed by atoms with E-state index >= 15 is 0 Å². The van der Waals surface area contributed by atoms with Gasteiger partial charge in [-0.1, -0.05) is 24.3 Å². The zero-order valence-corrected chi connectivity index (χ0v) is 17.5. The Balaban J connectivity index is 1.37. The molecule has 1 heterocycles. The van der Waals surface area contributed by atoms with Crippen molar-refractivity contribution in [3.05, 3.63) is 83.8 Å². The molecule has 9 heteroatoms. The zero-order valence-electron chi connectivity index (χ0n) is 17.5. The summed E-state index contributed by atoms with van der Waals surface area (Å²) in [5.41, 5.74) is 2.27. The molecule has 9 nitrogen and oxygen atoms in total. The molecule has 0 fully saturated rings. The number of furan rings is 1. The summed E-state index contributed by atoms with van der Waals surface area (Å²) in [7, 11) is 1.59. The molecule has 4 N–H and O–H groups in total. The summed E-state index contributed by atoms with van der Waals surface area (Å²) in [6.07, 6.45) is 1.42. The van der Waals surface area contributed by atoms with Gasteiger partial charge in [-0.05, 0) is 47.5 Å². The van der Waals surface area contributed by atoms with Crippen molar-refractivity contribution in [3.8, 4) is 5.75 Å².